The molecule has 0 unspecified atom stereocenters. The standard InChI is InChI=1S/C19H15N5O4S3/c1-31(27,28)14-4-2-12(3-5-14)24-18(26)16-17(22-7-6-21-16)23-19(24)30-11-13(25)10-15-20-8-9-29-15/h2-9H,10-11H2,1H3. The number of rotatable bonds is 7. The second-order valence-corrected chi connectivity index (χ2v) is 10.4. The molecule has 0 atom stereocenters. The summed E-state index contributed by atoms with van der Waals surface area (Å²) in [5, 5.41) is 2.78. The van der Waals surface area contributed by atoms with Gasteiger partial charge in [0.2, 0.25) is 0 Å². The molecule has 0 saturated heterocycles. The molecule has 0 aliphatic rings. The van der Waals surface area contributed by atoms with Gasteiger partial charge in [0.05, 0.1) is 27.8 Å². The molecule has 3 aromatic heterocycles. The van der Waals surface area contributed by atoms with Gasteiger partial charge < -0.3 is 0 Å². The third-order valence-electron chi connectivity index (χ3n) is 4.19. The number of fused-ring (bicyclic) bond motifs is 1. The van der Waals surface area contributed by atoms with Crippen LogP contribution < -0.4 is 5.56 Å². The first-order chi connectivity index (χ1) is 14.8. The zero-order valence-electron chi connectivity index (χ0n) is 16.1. The summed E-state index contributed by atoms with van der Waals surface area (Å²) in [5.74, 6) is 0.0200. The van der Waals surface area contributed by atoms with Crippen molar-refractivity contribution in [2.24, 2.45) is 0 Å². The number of aromatic nitrogens is 5. The maximum atomic E-state index is 13.1. The Balaban J connectivity index is 1.73. The molecule has 12 heteroatoms. The van der Waals surface area contributed by atoms with E-state index < -0.39 is 15.4 Å². The Morgan fingerprint density at radius 3 is 2.52 bits per heavy atom. The minimum atomic E-state index is -3.38. The van der Waals surface area contributed by atoms with E-state index in [-0.39, 0.29) is 39.2 Å². The summed E-state index contributed by atoms with van der Waals surface area (Å²) < 4.78 is 24.8. The number of nitrogens with zero attached hydrogens (tertiary/aromatic N) is 5. The van der Waals surface area contributed by atoms with Crippen LogP contribution in [0.25, 0.3) is 16.9 Å². The van der Waals surface area contributed by atoms with Crippen molar-refractivity contribution in [2.45, 2.75) is 16.5 Å². The van der Waals surface area contributed by atoms with E-state index in [0.717, 1.165) is 23.0 Å². The highest BCUT2D eigenvalue weighted by molar-refractivity contribution is 7.99. The Hall–Kier alpha value is -2.96. The lowest BCUT2D eigenvalue weighted by molar-refractivity contribution is -0.116. The highest BCUT2D eigenvalue weighted by Gasteiger charge is 2.17. The number of carbonyl (C=O) groups is 1. The van der Waals surface area contributed by atoms with Crippen molar-refractivity contribution in [1.29, 1.82) is 0 Å². The SMILES string of the molecule is CS(=O)(=O)c1ccc(-n2c(SCC(=O)Cc3nccs3)nc3nccnc3c2=O)cc1. The molecule has 0 spiro atoms. The number of carbonyl (C=O) groups excluding carboxylic acids is 1. The predicted molar refractivity (Wildman–Crippen MR) is 118 cm³/mol. The second kappa shape index (κ2) is 8.65. The maximum Gasteiger partial charge on any atom is 0.286 e. The van der Waals surface area contributed by atoms with Crippen molar-refractivity contribution < 1.29 is 13.2 Å². The van der Waals surface area contributed by atoms with Gasteiger partial charge in [0.15, 0.2) is 26.2 Å². The molecule has 0 amide bonds. The summed E-state index contributed by atoms with van der Waals surface area (Å²) in [5.41, 5.74) is 0.201. The molecule has 1 aromatic carbocycles. The van der Waals surface area contributed by atoms with E-state index in [4.69, 9.17) is 0 Å². The first-order valence-electron chi connectivity index (χ1n) is 8.90. The molecule has 4 aromatic rings. The van der Waals surface area contributed by atoms with Crippen molar-refractivity contribution >= 4 is 49.9 Å². The van der Waals surface area contributed by atoms with Crippen LogP contribution in [-0.2, 0) is 21.1 Å². The Morgan fingerprint density at radius 2 is 1.84 bits per heavy atom. The number of thioether (sulfide) groups is 1. The summed E-state index contributed by atoms with van der Waals surface area (Å²) in [4.78, 5) is 42.3. The van der Waals surface area contributed by atoms with Crippen LogP contribution in [0, 0.1) is 0 Å². The average Bonchev–Trinajstić information content (AvgIpc) is 3.25. The topological polar surface area (TPSA) is 125 Å². The van der Waals surface area contributed by atoms with Gasteiger partial charge in [-0.2, -0.15) is 0 Å². The fourth-order valence-electron chi connectivity index (χ4n) is 2.77. The Labute approximate surface area is 185 Å². The van der Waals surface area contributed by atoms with E-state index in [1.807, 2.05) is 0 Å². The van der Waals surface area contributed by atoms with Gasteiger partial charge in [-0.25, -0.2) is 28.4 Å². The van der Waals surface area contributed by atoms with Gasteiger partial charge in [-0.3, -0.25) is 14.2 Å². The summed E-state index contributed by atoms with van der Waals surface area (Å²) in [6.45, 7) is 0. The third kappa shape index (κ3) is 4.70. The van der Waals surface area contributed by atoms with Crippen molar-refractivity contribution in [3.8, 4) is 5.69 Å². The molecular weight excluding hydrogens is 458 g/mol. The summed E-state index contributed by atoms with van der Waals surface area (Å²) >= 11 is 2.50. The van der Waals surface area contributed by atoms with Crippen molar-refractivity contribution in [3.05, 3.63) is 63.6 Å². The quantitative estimate of drug-likeness (QED) is 0.292. The van der Waals surface area contributed by atoms with Gasteiger partial charge in [-0.15, -0.1) is 11.3 Å². The minimum absolute atomic E-state index is 0.0626. The van der Waals surface area contributed by atoms with E-state index in [9.17, 15) is 18.0 Å². The molecular formula is C19H15N5O4S3. The Bertz CT molecular complexity index is 1420. The van der Waals surface area contributed by atoms with Gasteiger partial charge in [0.1, 0.15) is 5.78 Å². The molecule has 4 rings (SSSR count). The number of thiazole rings is 1. The number of sulfone groups is 1. The van der Waals surface area contributed by atoms with Crippen LogP contribution in [0.5, 0.6) is 0 Å². The van der Waals surface area contributed by atoms with Crippen molar-refractivity contribution in [1.82, 2.24) is 24.5 Å². The lowest BCUT2D eigenvalue weighted by Gasteiger charge is -2.12. The molecule has 3 heterocycles. The smallest absolute Gasteiger partial charge is 0.286 e. The molecule has 0 aliphatic heterocycles. The normalized spacial score (nSPS) is 11.6. The maximum absolute atomic E-state index is 13.1. The summed E-state index contributed by atoms with van der Waals surface area (Å²) in [7, 11) is -3.38. The van der Waals surface area contributed by atoms with E-state index in [1.54, 1.807) is 11.6 Å². The van der Waals surface area contributed by atoms with E-state index in [1.165, 1.54) is 52.6 Å². The van der Waals surface area contributed by atoms with Crippen LogP contribution in [-0.4, -0.2) is 50.7 Å². The van der Waals surface area contributed by atoms with E-state index >= 15 is 0 Å². The predicted octanol–water partition coefficient (Wildman–Crippen LogP) is 1.94. The van der Waals surface area contributed by atoms with Gasteiger partial charge in [-0.1, -0.05) is 11.8 Å². The molecule has 158 valence electrons. The fourth-order valence-corrected chi connectivity index (χ4v) is 4.90. The van der Waals surface area contributed by atoms with Crippen molar-refractivity contribution in [3.63, 3.8) is 0 Å². The fraction of sp³-hybridized carbons (Fsp3) is 0.158. The highest BCUT2D eigenvalue weighted by atomic mass is 32.2. The Kier molecular flexibility index (Phi) is 5.94. The minimum Gasteiger partial charge on any atom is -0.298 e. The molecule has 0 saturated carbocycles. The van der Waals surface area contributed by atoms with Gasteiger partial charge >= 0.3 is 0 Å². The lowest BCUT2D eigenvalue weighted by Crippen LogP contribution is -2.23. The molecule has 0 N–H and O–H groups in total. The zero-order valence-corrected chi connectivity index (χ0v) is 18.6. The van der Waals surface area contributed by atoms with Crippen molar-refractivity contribution in [2.75, 3.05) is 12.0 Å². The monoisotopic (exact) mass is 473 g/mol. The molecule has 0 fully saturated rings. The first kappa shape index (κ1) is 21.3. The molecule has 0 aliphatic carbocycles. The van der Waals surface area contributed by atoms with E-state index in [0.29, 0.717) is 5.69 Å². The summed E-state index contributed by atoms with van der Waals surface area (Å²) in [6, 6.07) is 5.87. The van der Waals surface area contributed by atoms with Gasteiger partial charge in [0, 0.05) is 30.2 Å². The van der Waals surface area contributed by atoms with Crippen LogP contribution in [0.2, 0.25) is 0 Å². The third-order valence-corrected chi connectivity index (χ3v) is 7.10. The average molecular weight is 474 g/mol. The number of hydrogen-bond acceptors (Lipinski definition) is 10. The highest BCUT2D eigenvalue weighted by Crippen LogP contribution is 2.22. The number of benzene rings is 1. The Morgan fingerprint density at radius 1 is 1.10 bits per heavy atom. The molecule has 9 nitrogen and oxygen atoms in total. The largest absolute Gasteiger partial charge is 0.298 e. The number of hydrogen-bond donors (Lipinski definition) is 0. The number of Topliss-reactive ketones (excluding diaryl/α,β-unsaturated/α-hetero) is 1. The number of ketones is 1. The van der Waals surface area contributed by atoms with Gasteiger partial charge in [0.25, 0.3) is 5.56 Å². The van der Waals surface area contributed by atoms with Crippen LogP contribution in [0.15, 0.2) is 63.1 Å². The molecule has 0 radical (unpaired) electrons. The molecule has 0 bridgehead atoms. The zero-order chi connectivity index (χ0) is 22.0. The molecule has 31 heavy (non-hydrogen) atoms. The van der Waals surface area contributed by atoms with Crippen LogP contribution in [0.3, 0.4) is 0 Å². The van der Waals surface area contributed by atoms with Gasteiger partial charge in [-0.05, 0) is 24.3 Å². The van der Waals surface area contributed by atoms with E-state index in [2.05, 4.69) is 19.9 Å². The van der Waals surface area contributed by atoms with Crippen LogP contribution in [0.4, 0.5) is 0 Å². The van der Waals surface area contributed by atoms with Crippen LogP contribution in [0.1, 0.15) is 5.01 Å². The lowest BCUT2D eigenvalue weighted by atomic mass is 10.3. The first-order valence-corrected chi connectivity index (χ1v) is 12.7. The van der Waals surface area contributed by atoms with Crippen LogP contribution >= 0.6 is 23.1 Å². The summed E-state index contributed by atoms with van der Waals surface area (Å²) in [6.07, 6.45) is 5.78. The second-order valence-electron chi connectivity index (χ2n) is 6.46.